The molecule has 28 heavy (non-hydrogen) atoms. The van der Waals surface area contributed by atoms with Gasteiger partial charge in [-0.2, -0.15) is 15.5 Å². The van der Waals surface area contributed by atoms with Crippen molar-refractivity contribution in [3.63, 3.8) is 0 Å². The molecule has 1 aliphatic carbocycles. The summed E-state index contributed by atoms with van der Waals surface area (Å²) >= 11 is 0. The largest absolute Gasteiger partial charge is 0.378 e. The molecular formula is C22H20N6. The Morgan fingerprint density at radius 3 is 2.93 bits per heavy atom. The number of aryl methyl sites for hydroxylation is 1. The first-order valence-electron chi connectivity index (χ1n) is 9.48. The summed E-state index contributed by atoms with van der Waals surface area (Å²) in [5.41, 5.74) is 6.27. The number of benzene rings is 2. The summed E-state index contributed by atoms with van der Waals surface area (Å²) in [5, 5.41) is 23.0. The van der Waals surface area contributed by atoms with Crippen LogP contribution in [0.3, 0.4) is 0 Å². The van der Waals surface area contributed by atoms with Crippen LogP contribution >= 0.6 is 0 Å². The van der Waals surface area contributed by atoms with Gasteiger partial charge in [-0.25, -0.2) is 4.68 Å². The van der Waals surface area contributed by atoms with E-state index in [1.165, 1.54) is 11.1 Å². The fourth-order valence-corrected chi connectivity index (χ4v) is 4.14. The van der Waals surface area contributed by atoms with Crippen LogP contribution in [0.5, 0.6) is 0 Å². The molecule has 138 valence electrons. The van der Waals surface area contributed by atoms with Crippen LogP contribution in [0.4, 0.5) is 5.69 Å². The number of fused-ring (bicyclic) bond motifs is 2. The maximum absolute atomic E-state index is 9.42. The van der Waals surface area contributed by atoms with Gasteiger partial charge >= 0.3 is 0 Å². The zero-order valence-corrected chi connectivity index (χ0v) is 15.6. The first-order valence-corrected chi connectivity index (χ1v) is 9.48. The molecule has 0 saturated heterocycles. The van der Waals surface area contributed by atoms with Crippen molar-refractivity contribution in [2.75, 3.05) is 5.32 Å². The summed E-state index contributed by atoms with van der Waals surface area (Å²) in [4.78, 5) is 0. The van der Waals surface area contributed by atoms with E-state index >= 15 is 0 Å². The van der Waals surface area contributed by atoms with Gasteiger partial charge in [-0.05, 0) is 54.7 Å². The molecule has 0 fully saturated rings. The van der Waals surface area contributed by atoms with E-state index < -0.39 is 0 Å². The summed E-state index contributed by atoms with van der Waals surface area (Å²) < 4.78 is 3.69. The quantitative estimate of drug-likeness (QED) is 0.590. The van der Waals surface area contributed by atoms with E-state index in [4.69, 9.17) is 0 Å². The molecule has 1 aliphatic rings. The van der Waals surface area contributed by atoms with Crippen LogP contribution in [0.1, 0.15) is 35.6 Å². The van der Waals surface area contributed by atoms with Crippen molar-refractivity contribution in [2.24, 2.45) is 7.05 Å². The molecular weight excluding hydrogens is 348 g/mol. The summed E-state index contributed by atoms with van der Waals surface area (Å²) in [7, 11) is 1.90. The highest BCUT2D eigenvalue weighted by atomic mass is 15.3. The van der Waals surface area contributed by atoms with Crippen molar-refractivity contribution in [1.29, 1.82) is 5.26 Å². The Balaban J connectivity index is 1.51. The zero-order chi connectivity index (χ0) is 19.1. The molecule has 5 rings (SSSR count). The van der Waals surface area contributed by atoms with Crippen LogP contribution in [0.25, 0.3) is 16.6 Å². The molecule has 6 heteroatoms. The Kier molecular flexibility index (Phi) is 3.87. The lowest BCUT2D eigenvalue weighted by Crippen LogP contribution is -2.18. The molecule has 0 aliphatic heterocycles. The van der Waals surface area contributed by atoms with Gasteiger partial charge < -0.3 is 5.32 Å². The molecule has 2 aromatic carbocycles. The van der Waals surface area contributed by atoms with Gasteiger partial charge in [0.05, 0.1) is 41.8 Å². The van der Waals surface area contributed by atoms with Crippen LogP contribution < -0.4 is 5.32 Å². The summed E-state index contributed by atoms with van der Waals surface area (Å²) in [5.74, 6) is 0. The lowest BCUT2D eigenvalue weighted by molar-refractivity contribution is 0.599. The van der Waals surface area contributed by atoms with E-state index in [1.54, 1.807) is 4.68 Å². The number of rotatable bonds is 3. The lowest BCUT2D eigenvalue weighted by atomic mass is 9.85. The van der Waals surface area contributed by atoms with Crippen LogP contribution in [0.15, 0.2) is 55.0 Å². The Labute approximate surface area is 163 Å². The van der Waals surface area contributed by atoms with Crippen molar-refractivity contribution < 1.29 is 0 Å². The Hall–Kier alpha value is -3.59. The molecule has 1 N–H and O–H groups in total. The molecule has 0 amide bonds. The lowest BCUT2D eigenvalue weighted by Gasteiger charge is -2.28. The first-order chi connectivity index (χ1) is 13.7. The van der Waals surface area contributed by atoms with Crippen LogP contribution in [0, 0.1) is 11.3 Å². The minimum absolute atomic E-state index is 0.212. The van der Waals surface area contributed by atoms with Crippen molar-refractivity contribution >= 4 is 16.6 Å². The third kappa shape index (κ3) is 2.72. The van der Waals surface area contributed by atoms with E-state index in [0.717, 1.165) is 47.1 Å². The normalized spacial score (nSPS) is 15.9. The third-order valence-electron chi connectivity index (χ3n) is 5.48. The van der Waals surface area contributed by atoms with E-state index in [-0.39, 0.29) is 6.04 Å². The number of hydrogen-bond acceptors (Lipinski definition) is 4. The van der Waals surface area contributed by atoms with Gasteiger partial charge in [0.15, 0.2) is 0 Å². The van der Waals surface area contributed by atoms with Gasteiger partial charge in [0, 0.05) is 18.1 Å². The summed E-state index contributed by atoms with van der Waals surface area (Å²) in [6.45, 7) is 0. The van der Waals surface area contributed by atoms with Gasteiger partial charge in [-0.3, -0.25) is 4.68 Å². The minimum atomic E-state index is 0.212. The molecule has 0 radical (unpaired) electrons. The summed E-state index contributed by atoms with van der Waals surface area (Å²) in [6.07, 6.45) is 8.76. The highest BCUT2D eigenvalue weighted by Gasteiger charge is 2.22. The Morgan fingerprint density at radius 2 is 2.11 bits per heavy atom. The summed E-state index contributed by atoms with van der Waals surface area (Å²) in [6, 6.07) is 14.9. The average molecular weight is 368 g/mol. The Morgan fingerprint density at radius 1 is 1.18 bits per heavy atom. The third-order valence-corrected chi connectivity index (χ3v) is 5.48. The number of nitrogens with one attached hydrogen (secondary N) is 1. The smallest absolute Gasteiger partial charge is 0.103 e. The molecule has 4 aromatic rings. The van der Waals surface area contributed by atoms with Gasteiger partial charge in [0.25, 0.3) is 0 Å². The fraction of sp³-hybridized carbons (Fsp3) is 0.227. The second-order valence-electron chi connectivity index (χ2n) is 7.28. The number of hydrogen-bond donors (Lipinski definition) is 1. The minimum Gasteiger partial charge on any atom is -0.378 e. The van der Waals surface area contributed by atoms with Crippen molar-refractivity contribution in [1.82, 2.24) is 19.6 Å². The molecule has 0 unspecified atom stereocenters. The molecule has 2 heterocycles. The van der Waals surface area contributed by atoms with Gasteiger partial charge in [-0.15, -0.1) is 0 Å². The van der Waals surface area contributed by atoms with E-state index in [2.05, 4.69) is 45.8 Å². The molecule has 6 nitrogen and oxygen atoms in total. The van der Waals surface area contributed by atoms with Crippen molar-refractivity contribution in [2.45, 2.75) is 25.3 Å². The predicted octanol–water partition coefficient (Wildman–Crippen LogP) is 4.12. The van der Waals surface area contributed by atoms with Gasteiger partial charge in [0.1, 0.15) is 5.69 Å². The molecule has 0 bridgehead atoms. The van der Waals surface area contributed by atoms with Crippen LogP contribution in [-0.2, 0) is 13.5 Å². The van der Waals surface area contributed by atoms with E-state index in [1.807, 2.05) is 42.5 Å². The van der Waals surface area contributed by atoms with E-state index in [9.17, 15) is 5.26 Å². The maximum Gasteiger partial charge on any atom is 0.103 e. The highest BCUT2D eigenvalue weighted by Crippen LogP contribution is 2.34. The second kappa shape index (κ2) is 6.54. The Bertz CT molecular complexity index is 1210. The number of nitrogens with zero attached hydrogens (tertiary/aromatic N) is 5. The molecule has 0 saturated carbocycles. The van der Waals surface area contributed by atoms with E-state index in [0.29, 0.717) is 0 Å². The van der Waals surface area contributed by atoms with Crippen LogP contribution in [-0.4, -0.2) is 19.6 Å². The monoisotopic (exact) mass is 368 g/mol. The number of aromatic nitrogens is 4. The molecule has 2 aromatic heterocycles. The molecule has 1 atom stereocenters. The fourth-order valence-electron chi connectivity index (χ4n) is 4.14. The standard InChI is InChI=1S/C22H20N6/c1-27-14-18(13-24-27)28-22-10-17(9-8-16(22)12-25-28)26-21-7-3-5-19-15(11-23)4-2-6-20(19)21/h2,4,6,8-10,12-14,21,26H,3,5,7H2,1H3/t21-/m1/s1. The van der Waals surface area contributed by atoms with Crippen molar-refractivity contribution in [3.05, 3.63) is 71.7 Å². The maximum atomic E-state index is 9.42. The van der Waals surface area contributed by atoms with Gasteiger partial charge in [0.2, 0.25) is 0 Å². The van der Waals surface area contributed by atoms with Crippen molar-refractivity contribution in [3.8, 4) is 11.8 Å². The number of nitriles is 1. The average Bonchev–Trinajstić information content (AvgIpc) is 3.33. The number of anilines is 1. The zero-order valence-electron chi connectivity index (χ0n) is 15.6. The second-order valence-corrected chi connectivity index (χ2v) is 7.28. The highest BCUT2D eigenvalue weighted by molar-refractivity contribution is 5.83. The predicted molar refractivity (Wildman–Crippen MR) is 108 cm³/mol. The topological polar surface area (TPSA) is 71.5 Å². The van der Waals surface area contributed by atoms with Crippen LogP contribution in [0.2, 0.25) is 0 Å². The van der Waals surface area contributed by atoms with Gasteiger partial charge in [-0.1, -0.05) is 12.1 Å². The SMILES string of the molecule is Cn1cc(-n2ncc3ccc(N[C@@H]4CCCc5c(C#N)cccc54)cc32)cn1. The molecule has 0 spiro atoms. The first kappa shape index (κ1) is 16.6.